The Kier molecular flexibility index (Phi) is 1.93. The smallest absolute Gasteiger partial charge is 0.0414 e. The van der Waals surface area contributed by atoms with Crippen molar-refractivity contribution in [1.29, 1.82) is 0 Å². The number of hydrogen-bond donors (Lipinski definition) is 0. The SMILES string of the molecule is CCC1CCC(C)C1. The second kappa shape index (κ2) is 2.52. The van der Waals surface area contributed by atoms with Crippen molar-refractivity contribution in [3.63, 3.8) is 0 Å². The molecule has 0 aliphatic heterocycles. The lowest BCUT2D eigenvalue weighted by Gasteiger charge is -2.02. The predicted molar refractivity (Wildman–Crippen MR) is 36.8 cm³/mol. The molecule has 0 nitrogen and oxygen atoms in total. The first-order chi connectivity index (χ1) is 3.83. The lowest BCUT2D eigenvalue weighted by molar-refractivity contribution is 0.501. The summed E-state index contributed by atoms with van der Waals surface area (Å²) in [6.45, 7) is 4.68. The Hall–Kier alpha value is 0. The molecule has 1 rings (SSSR count). The molecule has 0 N–H and O–H groups in total. The number of hydrogen-bond acceptors (Lipinski definition) is 0. The highest BCUT2D eigenvalue weighted by Crippen LogP contribution is 2.31. The van der Waals surface area contributed by atoms with E-state index in [-0.39, 0.29) is 0 Å². The van der Waals surface area contributed by atoms with Gasteiger partial charge in [0.05, 0.1) is 0 Å². The van der Waals surface area contributed by atoms with E-state index in [9.17, 15) is 0 Å². The molecule has 2 atom stereocenters. The topological polar surface area (TPSA) is 0 Å². The van der Waals surface area contributed by atoms with Gasteiger partial charge in [0, 0.05) is 0 Å². The van der Waals surface area contributed by atoms with Crippen LogP contribution in [0.4, 0.5) is 0 Å². The summed E-state index contributed by atoms with van der Waals surface area (Å²) in [5, 5.41) is 0. The van der Waals surface area contributed by atoms with Crippen molar-refractivity contribution < 1.29 is 0 Å². The van der Waals surface area contributed by atoms with Crippen LogP contribution in [0.1, 0.15) is 39.5 Å². The molecule has 0 saturated heterocycles. The van der Waals surface area contributed by atoms with Crippen molar-refractivity contribution in [2.24, 2.45) is 11.8 Å². The van der Waals surface area contributed by atoms with E-state index in [4.69, 9.17) is 0 Å². The molecule has 0 amide bonds. The predicted octanol–water partition coefficient (Wildman–Crippen LogP) is 2.83. The zero-order chi connectivity index (χ0) is 5.98. The first-order valence-corrected chi connectivity index (χ1v) is 3.83. The second-order valence-corrected chi connectivity index (χ2v) is 3.19. The lowest BCUT2D eigenvalue weighted by Crippen LogP contribution is -1.89. The van der Waals surface area contributed by atoms with Crippen molar-refractivity contribution in [2.45, 2.75) is 39.5 Å². The quantitative estimate of drug-likeness (QED) is 0.489. The Morgan fingerprint density at radius 2 is 2.12 bits per heavy atom. The summed E-state index contributed by atoms with van der Waals surface area (Å²) in [5.74, 6) is 2.10. The van der Waals surface area contributed by atoms with Crippen LogP contribution < -0.4 is 0 Å². The summed E-state index contributed by atoms with van der Waals surface area (Å²) >= 11 is 0. The molecule has 1 fully saturated rings. The Morgan fingerprint density at radius 3 is 2.38 bits per heavy atom. The van der Waals surface area contributed by atoms with E-state index in [2.05, 4.69) is 13.8 Å². The van der Waals surface area contributed by atoms with Gasteiger partial charge >= 0.3 is 0 Å². The maximum Gasteiger partial charge on any atom is -0.0414 e. The third-order valence-electron chi connectivity index (χ3n) is 2.38. The molecule has 0 heterocycles. The molecule has 0 aromatic heterocycles. The maximum atomic E-state index is 2.37. The van der Waals surface area contributed by atoms with Crippen LogP contribution in [0.25, 0.3) is 0 Å². The fraction of sp³-hybridized carbons (Fsp3) is 1.00. The molecule has 0 aromatic carbocycles. The molecule has 2 unspecified atom stereocenters. The summed E-state index contributed by atoms with van der Waals surface area (Å²) in [7, 11) is 0. The fourth-order valence-electron chi connectivity index (χ4n) is 1.70. The van der Waals surface area contributed by atoms with E-state index in [1.54, 1.807) is 0 Å². The van der Waals surface area contributed by atoms with Gasteiger partial charge in [-0.1, -0.05) is 33.1 Å². The molecular weight excluding hydrogens is 96.1 g/mol. The Morgan fingerprint density at radius 1 is 1.38 bits per heavy atom. The van der Waals surface area contributed by atoms with Gasteiger partial charge in [-0.05, 0) is 18.3 Å². The molecule has 0 heteroatoms. The third kappa shape index (κ3) is 1.24. The van der Waals surface area contributed by atoms with Crippen molar-refractivity contribution in [2.75, 3.05) is 0 Å². The molecule has 1 saturated carbocycles. The van der Waals surface area contributed by atoms with E-state index in [0.717, 1.165) is 11.8 Å². The van der Waals surface area contributed by atoms with E-state index in [0.29, 0.717) is 0 Å². The van der Waals surface area contributed by atoms with Gasteiger partial charge in [0.1, 0.15) is 0 Å². The molecule has 0 aromatic rings. The minimum Gasteiger partial charge on any atom is -0.0651 e. The van der Waals surface area contributed by atoms with Gasteiger partial charge in [0.2, 0.25) is 0 Å². The molecular formula is C8H16. The highest BCUT2D eigenvalue weighted by Gasteiger charge is 2.18. The molecule has 0 radical (unpaired) electrons. The van der Waals surface area contributed by atoms with Crippen molar-refractivity contribution in [1.82, 2.24) is 0 Å². The Balaban J connectivity index is 2.22. The maximum absolute atomic E-state index is 2.37. The van der Waals surface area contributed by atoms with Crippen LogP contribution in [0.15, 0.2) is 0 Å². The summed E-state index contributed by atoms with van der Waals surface area (Å²) in [4.78, 5) is 0. The third-order valence-corrected chi connectivity index (χ3v) is 2.38. The first-order valence-electron chi connectivity index (χ1n) is 3.83. The van der Waals surface area contributed by atoms with Crippen molar-refractivity contribution in [3.05, 3.63) is 0 Å². The van der Waals surface area contributed by atoms with Gasteiger partial charge in [-0.15, -0.1) is 0 Å². The summed E-state index contributed by atoms with van der Waals surface area (Å²) in [5.41, 5.74) is 0. The average molecular weight is 112 g/mol. The van der Waals surface area contributed by atoms with Crippen LogP contribution in [-0.2, 0) is 0 Å². The zero-order valence-electron chi connectivity index (χ0n) is 5.98. The Bertz CT molecular complexity index is 66.4. The average Bonchev–Trinajstić information content (AvgIpc) is 2.14. The van der Waals surface area contributed by atoms with Crippen LogP contribution in [0.2, 0.25) is 0 Å². The van der Waals surface area contributed by atoms with Crippen LogP contribution in [0.3, 0.4) is 0 Å². The lowest BCUT2D eigenvalue weighted by atomic mass is 10.0. The monoisotopic (exact) mass is 112 g/mol. The summed E-state index contributed by atoms with van der Waals surface area (Å²) < 4.78 is 0. The zero-order valence-corrected chi connectivity index (χ0v) is 5.98. The van der Waals surface area contributed by atoms with Gasteiger partial charge in [-0.3, -0.25) is 0 Å². The van der Waals surface area contributed by atoms with Crippen molar-refractivity contribution >= 4 is 0 Å². The van der Waals surface area contributed by atoms with Gasteiger partial charge < -0.3 is 0 Å². The van der Waals surface area contributed by atoms with Crippen LogP contribution in [0, 0.1) is 11.8 Å². The largest absolute Gasteiger partial charge is 0.0651 e. The molecule has 1 aliphatic carbocycles. The van der Waals surface area contributed by atoms with Crippen LogP contribution in [-0.4, -0.2) is 0 Å². The highest BCUT2D eigenvalue weighted by molar-refractivity contribution is 4.70. The normalized spacial score (nSPS) is 38.2. The van der Waals surface area contributed by atoms with E-state index in [1.807, 2.05) is 0 Å². The van der Waals surface area contributed by atoms with Crippen molar-refractivity contribution in [3.8, 4) is 0 Å². The molecule has 0 spiro atoms. The minimum absolute atomic E-state index is 1.03. The number of rotatable bonds is 1. The van der Waals surface area contributed by atoms with Crippen LogP contribution in [0.5, 0.6) is 0 Å². The van der Waals surface area contributed by atoms with E-state index >= 15 is 0 Å². The summed E-state index contributed by atoms with van der Waals surface area (Å²) in [6, 6.07) is 0. The molecule has 0 bridgehead atoms. The minimum atomic E-state index is 1.03. The van der Waals surface area contributed by atoms with Gasteiger partial charge in [-0.25, -0.2) is 0 Å². The van der Waals surface area contributed by atoms with Gasteiger partial charge in [-0.2, -0.15) is 0 Å². The van der Waals surface area contributed by atoms with Gasteiger partial charge in [0.25, 0.3) is 0 Å². The van der Waals surface area contributed by atoms with Crippen LogP contribution >= 0.6 is 0 Å². The first kappa shape index (κ1) is 6.12. The standard InChI is InChI=1S/C8H16/c1-3-8-5-4-7(2)6-8/h7-8H,3-6H2,1-2H3. The second-order valence-electron chi connectivity index (χ2n) is 3.19. The van der Waals surface area contributed by atoms with E-state index < -0.39 is 0 Å². The highest BCUT2D eigenvalue weighted by atomic mass is 14.2. The van der Waals surface area contributed by atoms with E-state index in [1.165, 1.54) is 25.7 Å². The molecule has 8 heavy (non-hydrogen) atoms. The molecule has 48 valence electrons. The fourth-order valence-corrected chi connectivity index (χ4v) is 1.70. The molecule has 1 aliphatic rings. The van der Waals surface area contributed by atoms with Gasteiger partial charge in [0.15, 0.2) is 0 Å². The Labute approximate surface area is 52.3 Å². The summed E-state index contributed by atoms with van der Waals surface area (Å²) in [6.07, 6.45) is 5.89.